The lowest BCUT2D eigenvalue weighted by atomic mass is 10.2. The van der Waals surface area contributed by atoms with E-state index in [1.54, 1.807) is 0 Å². The molecule has 0 saturated heterocycles. The van der Waals surface area contributed by atoms with Gasteiger partial charge in [0.1, 0.15) is 18.2 Å². The van der Waals surface area contributed by atoms with Crippen molar-refractivity contribution < 1.29 is 13.5 Å². The summed E-state index contributed by atoms with van der Waals surface area (Å²) in [5.41, 5.74) is -0.188. The third-order valence-electron chi connectivity index (χ3n) is 2.03. The van der Waals surface area contributed by atoms with Gasteiger partial charge in [-0.2, -0.15) is 0 Å². The number of nitrogens with zero attached hydrogens (tertiary/aromatic N) is 1. The van der Waals surface area contributed by atoms with E-state index in [2.05, 4.69) is 9.97 Å². The lowest BCUT2D eigenvalue weighted by molar-refractivity contribution is 0.274. The second kappa shape index (κ2) is 4.73. The van der Waals surface area contributed by atoms with Gasteiger partial charge in [-0.1, -0.05) is 0 Å². The van der Waals surface area contributed by atoms with E-state index in [1.165, 1.54) is 18.3 Å². The maximum absolute atomic E-state index is 13.2. The number of hydrogen-bond acceptors (Lipinski definition) is 3. The van der Waals surface area contributed by atoms with E-state index >= 15 is 0 Å². The minimum absolute atomic E-state index is 0.0128. The molecule has 6 heteroatoms. The van der Waals surface area contributed by atoms with Crippen LogP contribution in [0.15, 0.2) is 35.3 Å². The largest absolute Gasteiger partial charge is 0.460 e. The summed E-state index contributed by atoms with van der Waals surface area (Å²) < 4.78 is 30.9. The molecule has 0 aliphatic rings. The average molecular weight is 238 g/mol. The smallest absolute Gasteiger partial charge is 0.296 e. The Balaban J connectivity index is 2.10. The second-order valence-corrected chi connectivity index (χ2v) is 3.26. The number of aromatic nitrogens is 2. The van der Waals surface area contributed by atoms with Crippen LogP contribution in [0.2, 0.25) is 0 Å². The highest BCUT2D eigenvalue weighted by Gasteiger charge is 2.05. The van der Waals surface area contributed by atoms with E-state index in [0.29, 0.717) is 0 Å². The standard InChI is InChI=1S/C11H8F2N2O2/c12-8-2-1-7(9(13)5-8)6-17-11-14-4-3-10(16)15-11/h1-5H,6H2,(H,14,15,16). The lowest BCUT2D eigenvalue weighted by Gasteiger charge is -2.05. The predicted octanol–water partition coefficient (Wildman–Crippen LogP) is 1.63. The molecule has 0 unspecified atom stereocenters. The minimum Gasteiger partial charge on any atom is -0.460 e. The Kier molecular flexibility index (Phi) is 3.13. The van der Waals surface area contributed by atoms with Gasteiger partial charge in [0.15, 0.2) is 0 Å². The Morgan fingerprint density at radius 3 is 2.82 bits per heavy atom. The van der Waals surface area contributed by atoms with Gasteiger partial charge < -0.3 is 4.74 Å². The van der Waals surface area contributed by atoms with Gasteiger partial charge in [-0.05, 0) is 12.1 Å². The van der Waals surface area contributed by atoms with Crippen LogP contribution < -0.4 is 10.3 Å². The van der Waals surface area contributed by atoms with Gasteiger partial charge in [-0.3, -0.25) is 9.78 Å². The van der Waals surface area contributed by atoms with Gasteiger partial charge in [-0.15, -0.1) is 0 Å². The fraction of sp³-hybridized carbons (Fsp3) is 0.0909. The van der Waals surface area contributed by atoms with Gasteiger partial charge in [-0.25, -0.2) is 13.8 Å². The fourth-order valence-corrected chi connectivity index (χ4v) is 1.21. The number of nitrogens with one attached hydrogen (secondary N) is 1. The van der Waals surface area contributed by atoms with Crippen LogP contribution in [0.3, 0.4) is 0 Å². The molecule has 1 aromatic carbocycles. The Morgan fingerprint density at radius 2 is 2.12 bits per heavy atom. The van der Waals surface area contributed by atoms with E-state index in [1.807, 2.05) is 0 Å². The Labute approximate surface area is 94.9 Å². The zero-order chi connectivity index (χ0) is 12.3. The minimum atomic E-state index is -0.705. The summed E-state index contributed by atoms with van der Waals surface area (Å²) in [5.74, 6) is -1.36. The van der Waals surface area contributed by atoms with Crippen molar-refractivity contribution in [1.82, 2.24) is 9.97 Å². The molecule has 1 N–H and O–H groups in total. The Bertz CT molecular complexity index is 584. The zero-order valence-electron chi connectivity index (χ0n) is 8.61. The van der Waals surface area contributed by atoms with Crippen LogP contribution in [-0.2, 0) is 6.61 Å². The van der Waals surface area contributed by atoms with Crippen molar-refractivity contribution in [2.24, 2.45) is 0 Å². The highest BCUT2D eigenvalue weighted by Crippen LogP contribution is 2.11. The Morgan fingerprint density at radius 1 is 1.29 bits per heavy atom. The number of hydrogen-bond donors (Lipinski definition) is 1. The highest BCUT2D eigenvalue weighted by molar-refractivity contribution is 5.18. The van der Waals surface area contributed by atoms with Gasteiger partial charge in [0.05, 0.1) is 0 Å². The summed E-state index contributed by atoms with van der Waals surface area (Å²) in [5, 5.41) is 0. The molecule has 0 radical (unpaired) electrons. The third kappa shape index (κ3) is 2.87. The molecule has 2 aromatic rings. The molecule has 0 atom stereocenters. The van der Waals surface area contributed by atoms with Crippen LogP contribution in [-0.4, -0.2) is 9.97 Å². The summed E-state index contributed by atoms with van der Waals surface area (Å²) in [7, 11) is 0. The van der Waals surface area contributed by atoms with Crippen molar-refractivity contribution in [3.8, 4) is 6.01 Å². The first-order valence-corrected chi connectivity index (χ1v) is 4.77. The fourth-order valence-electron chi connectivity index (χ4n) is 1.21. The summed E-state index contributed by atoms with van der Waals surface area (Å²) in [6.07, 6.45) is 1.27. The van der Waals surface area contributed by atoms with E-state index < -0.39 is 11.6 Å². The molecular formula is C11H8F2N2O2. The molecule has 2 rings (SSSR count). The van der Waals surface area contributed by atoms with Crippen molar-refractivity contribution in [2.75, 3.05) is 0 Å². The zero-order valence-corrected chi connectivity index (χ0v) is 8.61. The van der Waals surface area contributed by atoms with E-state index in [4.69, 9.17) is 4.74 Å². The van der Waals surface area contributed by atoms with Crippen LogP contribution >= 0.6 is 0 Å². The van der Waals surface area contributed by atoms with Crippen LogP contribution in [0, 0.1) is 11.6 Å². The number of ether oxygens (including phenoxy) is 1. The third-order valence-corrected chi connectivity index (χ3v) is 2.03. The summed E-state index contributed by atoms with van der Waals surface area (Å²) >= 11 is 0. The van der Waals surface area contributed by atoms with Crippen LogP contribution in [0.1, 0.15) is 5.56 Å². The van der Waals surface area contributed by atoms with Gasteiger partial charge in [0.2, 0.25) is 0 Å². The van der Waals surface area contributed by atoms with Crippen molar-refractivity contribution >= 4 is 0 Å². The Hall–Kier alpha value is -2.24. The van der Waals surface area contributed by atoms with Crippen molar-refractivity contribution in [3.05, 3.63) is 58.0 Å². The molecule has 0 fully saturated rings. The molecule has 0 aliphatic heterocycles. The monoisotopic (exact) mass is 238 g/mol. The lowest BCUT2D eigenvalue weighted by Crippen LogP contribution is -2.08. The van der Waals surface area contributed by atoms with E-state index in [-0.39, 0.29) is 23.7 Å². The number of halogens is 2. The molecular weight excluding hydrogens is 230 g/mol. The molecule has 0 bridgehead atoms. The molecule has 0 aliphatic carbocycles. The molecule has 0 amide bonds. The number of benzene rings is 1. The molecule has 17 heavy (non-hydrogen) atoms. The summed E-state index contributed by atoms with van der Waals surface area (Å²) in [6, 6.07) is 4.38. The van der Waals surface area contributed by atoms with Crippen molar-refractivity contribution in [3.63, 3.8) is 0 Å². The first-order chi connectivity index (χ1) is 8.15. The molecule has 1 aromatic heterocycles. The average Bonchev–Trinajstić information content (AvgIpc) is 2.28. The molecule has 1 heterocycles. The van der Waals surface area contributed by atoms with Gasteiger partial charge in [0.25, 0.3) is 11.6 Å². The van der Waals surface area contributed by atoms with Gasteiger partial charge in [0, 0.05) is 23.9 Å². The molecule has 88 valence electrons. The molecule has 0 saturated carbocycles. The van der Waals surface area contributed by atoms with Crippen LogP contribution in [0.4, 0.5) is 8.78 Å². The summed E-state index contributed by atoms with van der Waals surface area (Å²) in [4.78, 5) is 17.0. The SMILES string of the molecule is O=c1ccnc(OCc2ccc(F)cc2F)[nH]1. The quantitative estimate of drug-likeness (QED) is 0.884. The number of H-pyrrole nitrogens is 1. The van der Waals surface area contributed by atoms with Gasteiger partial charge >= 0.3 is 0 Å². The molecule has 0 spiro atoms. The maximum atomic E-state index is 13.2. The highest BCUT2D eigenvalue weighted by atomic mass is 19.1. The first-order valence-electron chi connectivity index (χ1n) is 4.77. The normalized spacial score (nSPS) is 10.2. The number of rotatable bonds is 3. The number of aromatic amines is 1. The van der Waals surface area contributed by atoms with Crippen molar-refractivity contribution in [2.45, 2.75) is 6.61 Å². The first kappa shape index (κ1) is 11.3. The second-order valence-electron chi connectivity index (χ2n) is 3.26. The van der Waals surface area contributed by atoms with E-state index in [9.17, 15) is 13.6 Å². The van der Waals surface area contributed by atoms with E-state index in [0.717, 1.165) is 12.1 Å². The maximum Gasteiger partial charge on any atom is 0.296 e. The van der Waals surface area contributed by atoms with Crippen molar-refractivity contribution in [1.29, 1.82) is 0 Å². The molecule has 4 nitrogen and oxygen atoms in total. The topological polar surface area (TPSA) is 55.0 Å². The van der Waals surface area contributed by atoms with Crippen LogP contribution in [0.25, 0.3) is 0 Å². The summed E-state index contributed by atoms with van der Waals surface area (Å²) in [6.45, 7) is -0.140. The predicted molar refractivity (Wildman–Crippen MR) is 55.5 cm³/mol. The van der Waals surface area contributed by atoms with Crippen LogP contribution in [0.5, 0.6) is 6.01 Å².